The molecule has 0 radical (unpaired) electrons. The summed E-state index contributed by atoms with van der Waals surface area (Å²) in [6.07, 6.45) is 1.92. The molecule has 1 aromatic heterocycles. The lowest BCUT2D eigenvalue weighted by molar-refractivity contribution is 0.570. The number of nitrogens with one attached hydrogen (secondary N) is 2. The van der Waals surface area contributed by atoms with Crippen molar-refractivity contribution in [3.05, 3.63) is 15.8 Å². The van der Waals surface area contributed by atoms with E-state index in [1.54, 1.807) is 0 Å². The van der Waals surface area contributed by atoms with Gasteiger partial charge in [-0.1, -0.05) is 13.8 Å². The SMILES string of the molecule is Cc1csc(CNC(C)C)c1S(=O)(=O)NC1CC1. The molecule has 0 atom stereocenters. The maximum absolute atomic E-state index is 12.3. The second-order valence-corrected chi connectivity index (χ2v) is 7.72. The largest absolute Gasteiger partial charge is 0.310 e. The van der Waals surface area contributed by atoms with Crippen LogP contribution in [-0.4, -0.2) is 20.5 Å². The molecule has 1 fully saturated rings. The second-order valence-electron chi connectivity index (χ2n) is 5.10. The number of sulfonamides is 1. The first-order valence-electron chi connectivity index (χ1n) is 6.23. The fraction of sp³-hybridized carbons (Fsp3) is 0.667. The Hall–Kier alpha value is -0.430. The van der Waals surface area contributed by atoms with Crippen molar-refractivity contribution in [1.82, 2.24) is 10.0 Å². The Morgan fingerprint density at radius 1 is 1.44 bits per heavy atom. The third-order valence-electron chi connectivity index (χ3n) is 2.83. The first kappa shape index (κ1) is 14.0. The van der Waals surface area contributed by atoms with Gasteiger partial charge in [-0.2, -0.15) is 0 Å². The Labute approximate surface area is 113 Å². The molecule has 0 bridgehead atoms. The fourth-order valence-electron chi connectivity index (χ4n) is 1.75. The van der Waals surface area contributed by atoms with Crippen LogP contribution in [-0.2, 0) is 16.6 Å². The summed E-state index contributed by atoms with van der Waals surface area (Å²) in [5.41, 5.74) is 0.841. The number of aryl methyl sites for hydroxylation is 1. The lowest BCUT2D eigenvalue weighted by Gasteiger charge is -2.10. The lowest BCUT2D eigenvalue weighted by atomic mass is 10.3. The predicted octanol–water partition coefficient (Wildman–Crippen LogP) is 2.00. The van der Waals surface area contributed by atoms with Crippen molar-refractivity contribution in [1.29, 1.82) is 0 Å². The molecule has 1 aromatic rings. The highest BCUT2D eigenvalue weighted by atomic mass is 32.2. The van der Waals surface area contributed by atoms with Crippen LogP contribution in [0.25, 0.3) is 0 Å². The van der Waals surface area contributed by atoms with E-state index < -0.39 is 10.0 Å². The highest BCUT2D eigenvalue weighted by molar-refractivity contribution is 7.89. The van der Waals surface area contributed by atoms with Gasteiger partial charge in [-0.25, -0.2) is 13.1 Å². The molecule has 0 spiro atoms. The van der Waals surface area contributed by atoms with Gasteiger partial charge in [-0.3, -0.25) is 0 Å². The highest BCUT2D eigenvalue weighted by Gasteiger charge is 2.30. The average Bonchev–Trinajstić information content (AvgIpc) is 2.95. The van der Waals surface area contributed by atoms with Gasteiger partial charge in [0.2, 0.25) is 10.0 Å². The van der Waals surface area contributed by atoms with Gasteiger partial charge in [0.1, 0.15) is 4.90 Å². The van der Waals surface area contributed by atoms with Crippen molar-refractivity contribution in [2.24, 2.45) is 0 Å². The molecule has 2 rings (SSSR count). The first-order valence-corrected chi connectivity index (χ1v) is 8.59. The van der Waals surface area contributed by atoms with E-state index in [1.807, 2.05) is 12.3 Å². The molecule has 18 heavy (non-hydrogen) atoms. The van der Waals surface area contributed by atoms with Gasteiger partial charge in [-0.05, 0) is 30.7 Å². The number of hydrogen-bond acceptors (Lipinski definition) is 4. The number of thiophene rings is 1. The molecule has 1 saturated carbocycles. The minimum absolute atomic E-state index is 0.153. The van der Waals surface area contributed by atoms with Crippen molar-refractivity contribution >= 4 is 21.4 Å². The van der Waals surface area contributed by atoms with Gasteiger partial charge in [0.25, 0.3) is 0 Å². The van der Waals surface area contributed by atoms with Crippen molar-refractivity contribution < 1.29 is 8.42 Å². The van der Waals surface area contributed by atoms with E-state index in [2.05, 4.69) is 23.9 Å². The first-order chi connectivity index (χ1) is 8.40. The van der Waals surface area contributed by atoms with E-state index >= 15 is 0 Å². The zero-order chi connectivity index (χ0) is 13.3. The van der Waals surface area contributed by atoms with Gasteiger partial charge < -0.3 is 5.32 Å². The van der Waals surface area contributed by atoms with Crippen LogP contribution in [0, 0.1) is 6.92 Å². The molecule has 1 aliphatic carbocycles. The Bertz CT molecular complexity index is 516. The summed E-state index contributed by atoms with van der Waals surface area (Å²) in [5.74, 6) is 0. The van der Waals surface area contributed by atoms with Gasteiger partial charge in [0, 0.05) is 23.5 Å². The molecule has 1 heterocycles. The molecule has 2 N–H and O–H groups in total. The molecule has 102 valence electrons. The average molecular weight is 288 g/mol. The van der Waals surface area contributed by atoms with E-state index in [0.717, 1.165) is 23.3 Å². The van der Waals surface area contributed by atoms with E-state index in [9.17, 15) is 8.42 Å². The Morgan fingerprint density at radius 2 is 2.11 bits per heavy atom. The van der Waals surface area contributed by atoms with Crippen LogP contribution in [0.15, 0.2) is 10.3 Å². The Kier molecular flexibility index (Phi) is 4.11. The van der Waals surface area contributed by atoms with Crippen LogP contribution < -0.4 is 10.0 Å². The quantitative estimate of drug-likeness (QED) is 0.841. The highest BCUT2D eigenvalue weighted by Crippen LogP contribution is 2.29. The Balaban J connectivity index is 2.22. The molecule has 0 unspecified atom stereocenters. The molecular weight excluding hydrogens is 268 g/mol. The van der Waals surface area contributed by atoms with E-state index in [0.29, 0.717) is 17.5 Å². The van der Waals surface area contributed by atoms with Crippen LogP contribution in [0.3, 0.4) is 0 Å². The van der Waals surface area contributed by atoms with E-state index in [4.69, 9.17) is 0 Å². The van der Waals surface area contributed by atoms with Crippen LogP contribution in [0.4, 0.5) is 0 Å². The van der Waals surface area contributed by atoms with Gasteiger partial charge in [-0.15, -0.1) is 11.3 Å². The molecule has 0 saturated heterocycles. The van der Waals surface area contributed by atoms with E-state index in [1.165, 1.54) is 11.3 Å². The molecule has 0 aromatic carbocycles. The van der Waals surface area contributed by atoms with Crippen LogP contribution in [0.2, 0.25) is 0 Å². The minimum Gasteiger partial charge on any atom is -0.310 e. The normalized spacial score (nSPS) is 16.4. The van der Waals surface area contributed by atoms with Gasteiger partial charge in [0.15, 0.2) is 0 Å². The predicted molar refractivity (Wildman–Crippen MR) is 74.4 cm³/mol. The summed E-state index contributed by atoms with van der Waals surface area (Å²) in [4.78, 5) is 1.38. The monoisotopic (exact) mass is 288 g/mol. The van der Waals surface area contributed by atoms with Crippen molar-refractivity contribution in [2.75, 3.05) is 0 Å². The minimum atomic E-state index is -3.34. The molecule has 0 amide bonds. The third kappa shape index (κ3) is 3.32. The summed E-state index contributed by atoms with van der Waals surface area (Å²) < 4.78 is 27.3. The smallest absolute Gasteiger partial charge is 0.242 e. The van der Waals surface area contributed by atoms with Crippen molar-refractivity contribution in [2.45, 2.75) is 57.1 Å². The van der Waals surface area contributed by atoms with E-state index in [-0.39, 0.29) is 6.04 Å². The fourth-order valence-corrected chi connectivity index (χ4v) is 4.81. The summed E-state index contributed by atoms with van der Waals surface area (Å²) in [5, 5.41) is 5.19. The third-order valence-corrected chi connectivity index (χ3v) is 5.81. The Morgan fingerprint density at radius 3 is 2.67 bits per heavy atom. The standard InChI is InChI=1S/C12H20N2O2S2/c1-8(2)13-6-11-12(9(3)7-17-11)18(15,16)14-10-4-5-10/h7-8,10,13-14H,4-6H2,1-3H3. The summed E-state index contributed by atoms with van der Waals surface area (Å²) in [6.45, 7) is 6.57. The second kappa shape index (κ2) is 5.28. The number of hydrogen-bond donors (Lipinski definition) is 2. The van der Waals surface area contributed by atoms with Crippen LogP contribution in [0.1, 0.15) is 37.1 Å². The zero-order valence-electron chi connectivity index (χ0n) is 11.0. The van der Waals surface area contributed by atoms with Gasteiger partial charge >= 0.3 is 0 Å². The molecular formula is C12H20N2O2S2. The van der Waals surface area contributed by atoms with Crippen LogP contribution in [0.5, 0.6) is 0 Å². The molecule has 1 aliphatic rings. The summed E-state index contributed by atoms with van der Waals surface area (Å²) >= 11 is 1.51. The van der Waals surface area contributed by atoms with Crippen LogP contribution >= 0.6 is 11.3 Å². The van der Waals surface area contributed by atoms with Crippen molar-refractivity contribution in [3.8, 4) is 0 Å². The number of rotatable bonds is 6. The maximum atomic E-state index is 12.3. The maximum Gasteiger partial charge on any atom is 0.242 e. The molecule has 0 aliphatic heterocycles. The van der Waals surface area contributed by atoms with Gasteiger partial charge in [0.05, 0.1) is 0 Å². The molecule has 6 heteroatoms. The molecule has 4 nitrogen and oxygen atoms in total. The topological polar surface area (TPSA) is 58.2 Å². The lowest BCUT2D eigenvalue weighted by Crippen LogP contribution is -2.28. The summed E-state index contributed by atoms with van der Waals surface area (Å²) in [7, 11) is -3.34. The zero-order valence-corrected chi connectivity index (χ0v) is 12.6. The van der Waals surface area contributed by atoms with Crippen molar-refractivity contribution in [3.63, 3.8) is 0 Å². The summed E-state index contributed by atoms with van der Waals surface area (Å²) in [6, 6.07) is 0.500.